The maximum atomic E-state index is 10.4. The average Bonchev–Trinajstić information content (AvgIpc) is 2.67. The second kappa shape index (κ2) is 6.55. The fourth-order valence-electron chi connectivity index (χ4n) is 1.20. The van der Waals surface area contributed by atoms with Crippen LogP contribution in [0.4, 0.5) is 0 Å². The van der Waals surface area contributed by atoms with Crippen molar-refractivity contribution in [1.82, 2.24) is 4.57 Å². The maximum absolute atomic E-state index is 10.4. The highest BCUT2D eigenvalue weighted by atomic mass is 28.3. The number of oxazole rings is 1. The number of rotatable bonds is 7. The smallest absolute Gasteiger partial charge is 0.325 e. The summed E-state index contributed by atoms with van der Waals surface area (Å²) in [4.78, 5) is 14.2. The molecule has 1 rings (SSSR count). The fraction of sp³-hybridized carbons (Fsp3) is 0.636. The molecule has 0 aliphatic heterocycles. The van der Waals surface area contributed by atoms with Gasteiger partial charge in [0.05, 0.1) is 0 Å². The molecule has 0 aromatic carbocycles. The quantitative estimate of drug-likeness (QED) is 0.601. The van der Waals surface area contributed by atoms with Gasteiger partial charge in [-0.25, -0.2) is 4.99 Å². The van der Waals surface area contributed by atoms with Crippen LogP contribution in [0.5, 0.6) is 0 Å². The van der Waals surface area contributed by atoms with Gasteiger partial charge in [-0.3, -0.25) is 9.36 Å². The molecule has 0 fully saturated rings. The van der Waals surface area contributed by atoms with Crippen LogP contribution >= 0.6 is 0 Å². The van der Waals surface area contributed by atoms with E-state index in [-0.39, 0.29) is 12.2 Å². The fourth-order valence-corrected chi connectivity index (χ4v) is 1.96. The van der Waals surface area contributed by atoms with E-state index in [1.165, 1.54) is 6.26 Å². The van der Waals surface area contributed by atoms with Gasteiger partial charge in [-0.05, 0) is 6.04 Å². The van der Waals surface area contributed by atoms with Crippen LogP contribution < -0.4 is 5.68 Å². The Hall–Kier alpha value is -1.34. The molecule has 0 aliphatic rings. The largest absolute Gasteiger partial charge is 0.480 e. The van der Waals surface area contributed by atoms with E-state index in [0.29, 0.717) is 13.3 Å². The third-order valence-electron chi connectivity index (χ3n) is 2.24. The summed E-state index contributed by atoms with van der Waals surface area (Å²) in [6.07, 6.45) is 3.14. The lowest BCUT2D eigenvalue weighted by Crippen LogP contribution is -2.23. The molecule has 0 saturated carbocycles. The lowest BCUT2D eigenvalue weighted by Gasteiger charge is -2.15. The molecule has 0 amide bonds. The number of carbonyl (C=O) groups is 1. The monoisotopic (exact) mass is 272 g/mol. The standard InChI is InChI=1S/C11H20N2O4Si/c1-18(2,3)7-6-16-9-13-4-5-17-11(13)12-8-10(14)15/h4-5H,6-9H2,1-3H3,(H,14,15). The Balaban J connectivity index is 2.46. The van der Waals surface area contributed by atoms with E-state index >= 15 is 0 Å². The number of hydrogen-bond acceptors (Lipinski definition) is 4. The topological polar surface area (TPSA) is 77.0 Å². The Morgan fingerprint density at radius 3 is 2.89 bits per heavy atom. The van der Waals surface area contributed by atoms with Crippen molar-refractivity contribution in [2.75, 3.05) is 13.2 Å². The first-order valence-corrected chi connectivity index (χ1v) is 9.53. The molecule has 0 radical (unpaired) electrons. The van der Waals surface area contributed by atoms with Crippen LogP contribution in [0.3, 0.4) is 0 Å². The summed E-state index contributed by atoms with van der Waals surface area (Å²) in [5.41, 5.74) is 0.269. The van der Waals surface area contributed by atoms with Gasteiger partial charge in [-0.2, -0.15) is 0 Å². The SMILES string of the molecule is C[Si](C)(C)CCOCn1ccoc1=NCC(=O)O. The predicted octanol–water partition coefficient (Wildman–Crippen LogP) is 1.38. The van der Waals surface area contributed by atoms with Gasteiger partial charge in [-0.1, -0.05) is 19.6 Å². The van der Waals surface area contributed by atoms with Crippen LogP contribution in [0, 0.1) is 0 Å². The average molecular weight is 272 g/mol. The first-order chi connectivity index (χ1) is 8.38. The minimum Gasteiger partial charge on any atom is -0.480 e. The van der Waals surface area contributed by atoms with E-state index < -0.39 is 14.0 Å². The van der Waals surface area contributed by atoms with Crippen molar-refractivity contribution < 1.29 is 19.1 Å². The molecule has 1 N–H and O–H groups in total. The molecule has 0 atom stereocenters. The van der Waals surface area contributed by atoms with Gasteiger partial charge >= 0.3 is 5.97 Å². The Labute approximate surface area is 107 Å². The highest BCUT2D eigenvalue weighted by Gasteiger charge is 2.12. The first kappa shape index (κ1) is 14.7. The number of carboxylic acid groups (broad SMARTS) is 1. The Kier molecular flexibility index (Phi) is 5.36. The molecule has 18 heavy (non-hydrogen) atoms. The molecule has 0 spiro atoms. The van der Waals surface area contributed by atoms with Crippen LogP contribution in [0.2, 0.25) is 25.7 Å². The van der Waals surface area contributed by atoms with Crippen molar-refractivity contribution in [2.45, 2.75) is 32.4 Å². The summed E-state index contributed by atoms with van der Waals surface area (Å²) in [5.74, 6) is -0.988. The van der Waals surface area contributed by atoms with Gasteiger partial charge < -0.3 is 14.3 Å². The van der Waals surface area contributed by atoms with Crippen molar-refractivity contribution in [2.24, 2.45) is 4.99 Å². The molecular weight excluding hydrogens is 252 g/mol. The number of nitrogens with zero attached hydrogens (tertiary/aromatic N) is 2. The van der Waals surface area contributed by atoms with E-state index in [2.05, 4.69) is 24.6 Å². The van der Waals surface area contributed by atoms with Gasteiger partial charge in [0, 0.05) is 20.9 Å². The van der Waals surface area contributed by atoms with Crippen molar-refractivity contribution in [1.29, 1.82) is 0 Å². The van der Waals surface area contributed by atoms with Crippen molar-refractivity contribution >= 4 is 14.0 Å². The lowest BCUT2D eigenvalue weighted by molar-refractivity contribution is -0.135. The van der Waals surface area contributed by atoms with E-state index in [9.17, 15) is 4.79 Å². The molecule has 7 heteroatoms. The van der Waals surface area contributed by atoms with Crippen LogP contribution in [0.25, 0.3) is 0 Å². The van der Waals surface area contributed by atoms with E-state index in [1.54, 1.807) is 10.8 Å². The summed E-state index contributed by atoms with van der Waals surface area (Å²) < 4.78 is 12.3. The van der Waals surface area contributed by atoms with Crippen LogP contribution in [0.15, 0.2) is 21.9 Å². The molecule has 102 valence electrons. The van der Waals surface area contributed by atoms with Gasteiger partial charge in [0.15, 0.2) is 0 Å². The molecule has 0 unspecified atom stereocenters. The molecule has 1 aromatic rings. The van der Waals surface area contributed by atoms with Gasteiger partial charge in [0.1, 0.15) is 19.5 Å². The summed E-state index contributed by atoms with van der Waals surface area (Å²) >= 11 is 0. The number of ether oxygens (including phenoxy) is 1. The van der Waals surface area contributed by atoms with E-state index in [1.807, 2.05) is 0 Å². The van der Waals surface area contributed by atoms with Crippen molar-refractivity contribution in [3.63, 3.8) is 0 Å². The van der Waals surface area contributed by atoms with Crippen molar-refractivity contribution in [3.8, 4) is 0 Å². The van der Waals surface area contributed by atoms with Crippen molar-refractivity contribution in [3.05, 3.63) is 18.1 Å². The molecule has 1 aromatic heterocycles. The molecule has 0 saturated heterocycles. The second-order valence-corrected chi connectivity index (χ2v) is 10.8. The number of hydrogen-bond donors (Lipinski definition) is 1. The highest BCUT2D eigenvalue weighted by molar-refractivity contribution is 6.76. The highest BCUT2D eigenvalue weighted by Crippen LogP contribution is 2.07. The summed E-state index contributed by atoms with van der Waals surface area (Å²) in [5, 5.41) is 8.54. The third-order valence-corrected chi connectivity index (χ3v) is 3.94. The Bertz CT molecular complexity index is 444. The lowest BCUT2D eigenvalue weighted by atomic mass is 10.7. The van der Waals surface area contributed by atoms with Crippen LogP contribution in [-0.2, 0) is 16.3 Å². The number of aliphatic carboxylic acids is 1. The maximum Gasteiger partial charge on any atom is 0.325 e. The molecule has 0 bridgehead atoms. The first-order valence-electron chi connectivity index (χ1n) is 5.82. The minimum atomic E-state index is -1.08. The normalized spacial score (nSPS) is 12.9. The van der Waals surface area contributed by atoms with Crippen LogP contribution in [-0.4, -0.2) is 36.9 Å². The second-order valence-electron chi connectivity index (χ2n) is 5.21. The van der Waals surface area contributed by atoms with Gasteiger partial charge in [-0.15, -0.1) is 0 Å². The number of carboxylic acids is 1. The molecule has 0 aliphatic carbocycles. The Morgan fingerprint density at radius 2 is 2.28 bits per heavy atom. The van der Waals surface area contributed by atoms with Gasteiger partial charge in [0.2, 0.25) is 0 Å². The minimum absolute atomic E-state index is 0.269. The van der Waals surface area contributed by atoms with E-state index in [0.717, 1.165) is 6.04 Å². The zero-order valence-corrected chi connectivity index (χ0v) is 12.0. The van der Waals surface area contributed by atoms with Crippen LogP contribution in [0.1, 0.15) is 0 Å². The molecule has 6 nitrogen and oxygen atoms in total. The molecule has 1 heterocycles. The predicted molar refractivity (Wildman–Crippen MR) is 68.9 cm³/mol. The Morgan fingerprint density at radius 1 is 1.56 bits per heavy atom. The molecular formula is C11H20N2O4Si. The summed E-state index contributed by atoms with van der Waals surface area (Å²) in [6, 6.07) is 1.09. The number of aromatic nitrogens is 1. The zero-order chi connectivity index (χ0) is 13.6. The third kappa shape index (κ3) is 5.83. The van der Waals surface area contributed by atoms with E-state index in [4.69, 9.17) is 14.3 Å². The van der Waals surface area contributed by atoms with Gasteiger partial charge in [0.25, 0.3) is 5.68 Å². The zero-order valence-electron chi connectivity index (χ0n) is 11.0. The summed E-state index contributed by atoms with van der Waals surface area (Å²) in [7, 11) is -1.08. The summed E-state index contributed by atoms with van der Waals surface area (Å²) in [6.45, 7) is 7.59.